The Bertz CT molecular complexity index is 109. The summed E-state index contributed by atoms with van der Waals surface area (Å²) in [5.41, 5.74) is 0. The molecule has 82 valence electrons. The Morgan fingerprint density at radius 2 is 1.54 bits per heavy atom. The van der Waals surface area contributed by atoms with Crippen molar-refractivity contribution >= 4 is 24.8 Å². The van der Waals surface area contributed by atoms with E-state index in [4.69, 9.17) is 10.2 Å². The largest absolute Gasteiger partial charge is 0.395 e. The third-order valence-corrected chi connectivity index (χ3v) is 2.09. The van der Waals surface area contributed by atoms with E-state index in [2.05, 4.69) is 10.2 Å². The van der Waals surface area contributed by atoms with E-state index in [-0.39, 0.29) is 44.1 Å². The van der Waals surface area contributed by atoms with Crippen molar-refractivity contribution in [2.45, 2.75) is 6.04 Å². The van der Waals surface area contributed by atoms with Crippen LogP contribution >= 0.6 is 24.8 Å². The van der Waals surface area contributed by atoms with Crippen LogP contribution in [0.25, 0.3) is 0 Å². The molecular weight excluding hydrogens is 215 g/mol. The first-order valence-corrected chi connectivity index (χ1v) is 4.05. The van der Waals surface area contributed by atoms with Crippen molar-refractivity contribution < 1.29 is 10.2 Å². The average molecular weight is 233 g/mol. The number of aliphatic hydroxyl groups excluding tert-OH is 2. The summed E-state index contributed by atoms with van der Waals surface area (Å²) < 4.78 is 0. The van der Waals surface area contributed by atoms with Gasteiger partial charge in [-0.1, -0.05) is 0 Å². The zero-order chi connectivity index (χ0) is 8.10. The van der Waals surface area contributed by atoms with E-state index in [1.165, 1.54) is 0 Å². The quantitative estimate of drug-likeness (QED) is 0.590. The predicted octanol–water partition coefficient (Wildman–Crippen LogP) is -0.912. The highest BCUT2D eigenvalue weighted by atomic mass is 35.5. The Kier molecular flexibility index (Phi) is 11.0. The van der Waals surface area contributed by atoms with Gasteiger partial charge in [0, 0.05) is 26.2 Å². The number of rotatable bonds is 3. The fourth-order valence-electron chi connectivity index (χ4n) is 1.34. The molecule has 1 rings (SSSR count). The minimum atomic E-state index is -0.0582. The fraction of sp³-hybridized carbons (Fsp3) is 1.00. The summed E-state index contributed by atoms with van der Waals surface area (Å²) in [6.07, 6.45) is 0. The van der Waals surface area contributed by atoms with Gasteiger partial charge in [-0.3, -0.25) is 4.90 Å². The number of hydrogen-bond acceptors (Lipinski definition) is 4. The van der Waals surface area contributed by atoms with E-state index in [9.17, 15) is 0 Å². The number of piperazine rings is 1. The maximum atomic E-state index is 8.86. The van der Waals surface area contributed by atoms with Gasteiger partial charge >= 0.3 is 0 Å². The molecule has 0 saturated carbocycles. The van der Waals surface area contributed by atoms with Crippen molar-refractivity contribution in [1.29, 1.82) is 0 Å². The summed E-state index contributed by atoms with van der Waals surface area (Å²) >= 11 is 0. The third kappa shape index (κ3) is 5.00. The van der Waals surface area contributed by atoms with E-state index >= 15 is 0 Å². The van der Waals surface area contributed by atoms with Gasteiger partial charge in [0.15, 0.2) is 0 Å². The molecule has 0 amide bonds. The Balaban J connectivity index is 0. The lowest BCUT2D eigenvalue weighted by molar-refractivity contribution is 0.0657. The minimum Gasteiger partial charge on any atom is -0.395 e. The molecule has 0 bridgehead atoms. The molecule has 0 spiro atoms. The van der Waals surface area contributed by atoms with Crippen LogP contribution in [-0.4, -0.2) is 60.5 Å². The molecule has 1 saturated heterocycles. The Labute approximate surface area is 91.1 Å². The van der Waals surface area contributed by atoms with Gasteiger partial charge in [0.2, 0.25) is 0 Å². The Morgan fingerprint density at radius 3 is 1.92 bits per heavy atom. The van der Waals surface area contributed by atoms with Crippen molar-refractivity contribution in [3.8, 4) is 0 Å². The number of aliphatic hydroxyl groups is 2. The van der Waals surface area contributed by atoms with Gasteiger partial charge in [0.1, 0.15) is 0 Å². The van der Waals surface area contributed by atoms with Crippen LogP contribution in [0, 0.1) is 0 Å². The number of nitrogens with zero attached hydrogens (tertiary/aromatic N) is 1. The average Bonchev–Trinajstić information content (AvgIpc) is 2.09. The first-order valence-electron chi connectivity index (χ1n) is 4.05. The van der Waals surface area contributed by atoms with Crippen molar-refractivity contribution in [3.63, 3.8) is 0 Å². The molecule has 1 heterocycles. The van der Waals surface area contributed by atoms with Gasteiger partial charge in [-0.25, -0.2) is 0 Å². The lowest BCUT2D eigenvalue weighted by Crippen LogP contribution is -2.50. The van der Waals surface area contributed by atoms with Gasteiger partial charge in [0.05, 0.1) is 19.3 Å². The van der Waals surface area contributed by atoms with E-state index in [0.717, 1.165) is 26.2 Å². The van der Waals surface area contributed by atoms with Crippen LogP contribution in [-0.2, 0) is 0 Å². The molecule has 3 N–H and O–H groups in total. The minimum absolute atomic E-state index is 0. The van der Waals surface area contributed by atoms with Crippen LogP contribution in [0.15, 0.2) is 0 Å². The second kappa shape index (κ2) is 8.99. The monoisotopic (exact) mass is 232 g/mol. The van der Waals surface area contributed by atoms with Crippen molar-refractivity contribution in [3.05, 3.63) is 0 Å². The number of hydrogen-bond donors (Lipinski definition) is 3. The Hall–Kier alpha value is 0.420. The molecule has 0 aromatic heterocycles. The summed E-state index contributed by atoms with van der Waals surface area (Å²) in [6.45, 7) is 3.86. The van der Waals surface area contributed by atoms with Gasteiger partial charge in [-0.05, 0) is 0 Å². The second-order valence-corrected chi connectivity index (χ2v) is 2.80. The zero-order valence-corrected chi connectivity index (χ0v) is 9.11. The topological polar surface area (TPSA) is 55.7 Å². The van der Waals surface area contributed by atoms with E-state index < -0.39 is 0 Å². The smallest absolute Gasteiger partial charge is 0.0609 e. The highest BCUT2D eigenvalue weighted by Gasteiger charge is 2.18. The van der Waals surface area contributed by atoms with Crippen molar-refractivity contribution in [2.24, 2.45) is 0 Å². The molecule has 1 fully saturated rings. The van der Waals surface area contributed by atoms with E-state index in [1.807, 2.05) is 0 Å². The van der Waals surface area contributed by atoms with Crippen LogP contribution in [0.3, 0.4) is 0 Å². The summed E-state index contributed by atoms with van der Waals surface area (Å²) in [5, 5.41) is 20.9. The first kappa shape index (κ1) is 15.9. The van der Waals surface area contributed by atoms with E-state index in [1.54, 1.807) is 0 Å². The third-order valence-electron chi connectivity index (χ3n) is 2.09. The summed E-state index contributed by atoms with van der Waals surface area (Å²) in [5.74, 6) is 0. The highest BCUT2D eigenvalue weighted by Crippen LogP contribution is 1.99. The van der Waals surface area contributed by atoms with Crippen LogP contribution in [0.5, 0.6) is 0 Å². The summed E-state index contributed by atoms with van der Waals surface area (Å²) in [4.78, 5) is 2.11. The van der Waals surface area contributed by atoms with Gasteiger partial charge in [-0.2, -0.15) is 0 Å². The molecule has 13 heavy (non-hydrogen) atoms. The van der Waals surface area contributed by atoms with Gasteiger partial charge < -0.3 is 15.5 Å². The lowest BCUT2D eigenvalue weighted by Gasteiger charge is -2.32. The normalized spacial score (nSPS) is 17.8. The molecular formula is C7H18Cl2N2O2. The maximum Gasteiger partial charge on any atom is 0.0609 e. The lowest BCUT2D eigenvalue weighted by atomic mass is 10.2. The molecule has 4 nitrogen and oxygen atoms in total. The number of halogens is 2. The van der Waals surface area contributed by atoms with E-state index in [0.29, 0.717) is 0 Å². The van der Waals surface area contributed by atoms with Gasteiger partial charge in [-0.15, -0.1) is 24.8 Å². The summed E-state index contributed by atoms with van der Waals surface area (Å²) in [7, 11) is 0. The van der Waals surface area contributed by atoms with Crippen molar-refractivity contribution in [2.75, 3.05) is 39.4 Å². The van der Waals surface area contributed by atoms with Crippen LogP contribution in [0.1, 0.15) is 0 Å². The SMILES string of the molecule is Cl.Cl.OCC(CO)N1CCNCC1. The fourth-order valence-corrected chi connectivity index (χ4v) is 1.34. The maximum absolute atomic E-state index is 8.86. The second-order valence-electron chi connectivity index (χ2n) is 2.80. The number of nitrogens with one attached hydrogen (secondary N) is 1. The molecule has 1 aliphatic rings. The molecule has 0 aromatic carbocycles. The molecule has 1 aliphatic heterocycles. The van der Waals surface area contributed by atoms with Crippen LogP contribution in [0.4, 0.5) is 0 Å². The molecule has 0 atom stereocenters. The van der Waals surface area contributed by atoms with Gasteiger partial charge in [0.25, 0.3) is 0 Å². The van der Waals surface area contributed by atoms with Crippen molar-refractivity contribution in [1.82, 2.24) is 10.2 Å². The van der Waals surface area contributed by atoms with Crippen LogP contribution in [0.2, 0.25) is 0 Å². The van der Waals surface area contributed by atoms with Crippen LogP contribution < -0.4 is 5.32 Å². The molecule has 0 aromatic rings. The molecule has 6 heteroatoms. The summed E-state index contributed by atoms with van der Waals surface area (Å²) in [6, 6.07) is -0.0582. The standard InChI is InChI=1S/C7H16N2O2.2ClH/c10-5-7(6-11)9-3-1-8-2-4-9;;/h7-8,10-11H,1-6H2;2*1H. The zero-order valence-electron chi connectivity index (χ0n) is 7.48. The molecule has 0 aliphatic carbocycles. The Morgan fingerprint density at radius 1 is 1.08 bits per heavy atom. The predicted molar refractivity (Wildman–Crippen MR) is 56.9 cm³/mol. The molecule has 0 unspecified atom stereocenters. The first-order chi connectivity index (χ1) is 5.38. The molecule has 0 radical (unpaired) electrons. The highest BCUT2D eigenvalue weighted by molar-refractivity contribution is 5.85.